The molecule has 0 aliphatic carbocycles. The van der Waals surface area contributed by atoms with E-state index in [2.05, 4.69) is 32.8 Å². The average Bonchev–Trinajstić information content (AvgIpc) is 2.27. The molecule has 1 aliphatic rings. The molecule has 0 atom stereocenters. The quantitative estimate of drug-likeness (QED) is 0.915. The Morgan fingerprint density at radius 1 is 1.59 bits per heavy atom. The van der Waals surface area contributed by atoms with Crippen LogP contribution >= 0.6 is 15.9 Å². The summed E-state index contributed by atoms with van der Waals surface area (Å²) in [4.78, 5) is 10.4. The van der Waals surface area contributed by atoms with Crippen molar-refractivity contribution in [2.75, 3.05) is 25.1 Å². The van der Waals surface area contributed by atoms with Gasteiger partial charge in [0, 0.05) is 0 Å². The number of aliphatic hydroxyl groups is 1. The fraction of sp³-hybridized carbons (Fsp3) is 0.636. The Hall–Kier alpha value is -0.880. The van der Waals surface area contributed by atoms with Crippen LogP contribution in [-0.4, -0.2) is 40.9 Å². The number of β-amino-alcohol motifs (C(OH)–C–C–N with tert-alkyl or cyclic N) is 1. The minimum absolute atomic E-state index is 0.515. The summed E-state index contributed by atoms with van der Waals surface area (Å²) in [6.07, 6.45) is 3.46. The average molecular weight is 302 g/mol. The highest BCUT2D eigenvalue weighted by Crippen LogP contribution is 2.31. The van der Waals surface area contributed by atoms with E-state index in [1.165, 1.54) is 0 Å². The minimum Gasteiger partial charge on any atom is -0.480 e. The molecule has 1 aliphatic heterocycles. The molecular formula is C11H16BrN3O2. The van der Waals surface area contributed by atoms with E-state index in [4.69, 9.17) is 4.74 Å². The van der Waals surface area contributed by atoms with Crippen LogP contribution in [0.1, 0.15) is 19.8 Å². The molecule has 1 aromatic rings. The molecule has 0 spiro atoms. The molecule has 6 heteroatoms. The largest absolute Gasteiger partial charge is 0.480 e. The van der Waals surface area contributed by atoms with Gasteiger partial charge in [0.15, 0.2) is 0 Å². The number of anilines is 1. The summed E-state index contributed by atoms with van der Waals surface area (Å²) < 4.78 is 5.85. The van der Waals surface area contributed by atoms with Crippen molar-refractivity contribution >= 4 is 21.9 Å². The van der Waals surface area contributed by atoms with Crippen molar-refractivity contribution in [3.63, 3.8) is 0 Å². The number of rotatable bonds is 4. The number of aromatic nitrogens is 2. The Morgan fingerprint density at radius 2 is 2.29 bits per heavy atom. The van der Waals surface area contributed by atoms with Crippen LogP contribution in [-0.2, 0) is 0 Å². The van der Waals surface area contributed by atoms with Crippen LogP contribution in [0.2, 0.25) is 0 Å². The first kappa shape index (κ1) is 12.6. The third kappa shape index (κ3) is 2.52. The van der Waals surface area contributed by atoms with Gasteiger partial charge in [-0.1, -0.05) is 13.3 Å². The van der Waals surface area contributed by atoms with E-state index in [0.29, 0.717) is 24.9 Å². The first-order valence-corrected chi connectivity index (χ1v) is 6.41. The molecule has 1 aromatic heterocycles. The van der Waals surface area contributed by atoms with Gasteiger partial charge in [0.25, 0.3) is 0 Å². The summed E-state index contributed by atoms with van der Waals surface area (Å²) in [5.74, 6) is 1.12. The van der Waals surface area contributed by atoms with Crippen molar-refractivity contribution in [3.8, 4) is 5.88 Å². The fourth-order valence-corrected chi connectivity index (χ4v) is 2.42. The van der Waals surface area contributed by atoms with E-state index in [1.807, 2.05) is 4.90 Å². The third-order valence-electron chi connectivity index (χ3n) is 2.86. The molecule has 0 saturated carbocycles. The first-order chi connectivity index (χ1) is 8.08. The van der Waals surface area contributed by atoms with Crippen LogP contribution in [0.4, 0.5) is 5.95 Å². The van der Waals surface area contributed by atoms with Crippen molar-refractivity contribution in [1.29, 1.82) is 0 Å². The van der Waals surface area contributed by atoms with Gasteiger partial charge in [-0.3, -0.25) is 0 Å². The van der Waals surface area contributed by atoms with E-state index in [1.54, 1.807) is 13.3 Å². The summed E-state index contributed by atoms with van der Waals surface area (Å²) in [5, 5.41) is 10.1. The summed E-state index contributed by atoms with van der Waals surface area (Å²) >= 11 is 3.31. The number of hydrogen-bond acceptors (Lipinski definition) is 5. The van der Waals surface area contributed by atoms with Gasteiger partial charge < -0.3 is 14.7 Å². The molecule has 5 nitrogen and oxygen atoms in total. The number of methoxy groups -OCH3 is 1. The van der Waals surface area contributed by atoms with Crippen molar-refractivity contribution < 1.29 is 9.84 Å². The van der Waals surface area contributed by atoms with E-state index in [-0.39, 0.29) is 0 Å². The smallest absolute Gasteiger partial charge is 0.232 e. The van der Waals surface area contributed by atoms with Gasteiger partial charge in [-0.2, -0.15) is 4.98 Å². The summed E-state index contributed by atoms with van der Waals surface area (Å²) in [7, 11) is 1.57. The highest BCUT2D eigenvalue weighted by Gasteiger charge is 2.41. The lowest BCUT2D eigenvalue weighted by molar-refractivity contribution is 0.00239. The Morgan fingerprint density at radius 3 is 2.88 bits per heavy atom. The van der Waals surface area contributed by atoms with Crippen LogP contribution in [0, 0.1) is 0 Å². The predicted octanol–water partition coefficient (Wildman–Crippen LogP) is 1.60. The molecule has 2 heterocycles. The highest BCUT2D eigenvalue weighted by atomic mass is 79.9. The second kappa shape index (κ2) is 4.78. The monoisotopic (exact) mass is 301 g/mol. The zero-order valence-corrected chi connectivity index (χ0v) is 11.6. The van der Waals surface area contributed by atoms with Crippen molar-refractivity contribution in [1.82, 2.24) is 9.97 Å². The van der Waals surface area contributed by atoms with Gasteiger partial charge in [0.2, 0.25) is 11.8 Å². The lowest BCUT2D eigenvalue weighted by atomic mass is 9.90. The van der Waals surface area contributed by atoms with Crippen molar-refractivity contribution in [2.45, 2.75) is 25.4 Å². The Labute approximate surface area is 109 Å². The van der Waals surface area contributed by atoms with E-state index in [0.717, 1.165) is 17.3 Å². The van der Waals surface area contributed by atoms with Gasteiger partial charge in [0.05, 0.1) is 36.5 Å². The third-order valence-corrected chi connectivity index (χ3v) is 3.41. The maximum absolute atomic E-state index is 10.1. The second-order valence-electron chi connectivity index (χ2n) is 4.36. The molecular weight excluding hydrogens is 286 g/mol. The van der Waals surface area contributed by atoms with Crippen molar-refractivity contribution in [2.24, 2.45) is 0 Å². The van der Waals surface area contributed by atoms with E-state index < -0.39 is 5.60 Å². The Kier molecular flexibility index (Phi) is 3.53. The van der Waals surface area contributed by atoms with Gasteiger partial charge in [0.1, 0.15) is 0 Å². The standard InChI is InChI=1S/C11H16BrN3O2/c1-3-4-11(16)6-15(7-11)10-13-5-8(12)9(14-10)17-2/h5,16H,3-4,6-7H2,1-2H3. The van der Waals surface area contributed by atoms with Crippen LogP contribution in [0.5, 0.6) is 5.88 Å². The molecule has 0 bridgehead atoms. The van der Waals surface area contributed by atoms with Gasteiger partial charge in [-0.25, -0.2) is 4.98 Å². The number of nitrogens with zero attached hydrogens (tertiary/aromatic N) is 3. The second-order valence-corrected chi connectivity index (χ2v) is 5.21. The molecule has 1 N–H and O–H groups in total. The van der Waals surface area contributed by atoms with Crippen LogP contribution in [0.25, 0.3) is 0 Å². The molecule has 0 unspecified atom stereocenters. The highest BCUT2D eigenvalue weighted by molar-refractivity contribution is 9.10. The lowest BCUT2D eigenvalue weighted by Crippen LogP contribution is -2.62. The molecule has 0 aromatic carbocycles. The fourth-order valence-electron chi connectivity index (χ4n) is 2.07. The Balaban J connectivity index is 2.06. The van der Waals surface area contributed by atoms with E-state index in [9.17, 15) is 5.11 Å². The minimum atomic E-state index is -0.571. The van der Waals surface area contributed by atoms with Gasteiger partial charge in [-0.15, -0.1) is 0 Å². The van der Waals surface area contributed by atoms with Crippen LogP contribution in [0.3, 0.4) is 0 Å². The summed E-state index contributed by atoms with van der Waals surface area (Å²) in [6.45, 7) is 3.25. The maximum atomic E-state index is 10.1. The number of halogens is 1. The molecule has 1 saturated heterocycles. The van der Waals surface area contributed by atoms with Gasteiger partial charge in [-0.05, 0) is 22.4 Å². The summed E-state index contributed by atoms with van der Waals surface area (Å²) in [5.41, 5.74) is -0.571. The lowest BCUT2D eigenvalue weighted by Gasteiger charge is -2.46. The van der Waals surface area contributed by atoms with Crippen LogP contribution < -0.4 is 9.64 Å². The zero-order chi connectivity index (χ0) is 12.5. The maximum Gasteiger partial charge on any atom is 0.232 e. The predicted molar refractivity (Wildman–Crippen MR) is 68.4 cm³/mol. The molecule has 0 radical (unpaired) electrons. The van der Waals surface area contributed by atoms with Crippen molar-refractivity contribution in [3.05, 3.63) is 10.7 Å². The normalized spacial score (nSPS) is 17.8. The first-order valence-electron chi connectivity index (χ1n) is 5.62. The van der Waals surface area contributed by atoms with Gasteiger partial charge >= 0.3 is 0 Å². The number of ether oxygens (including phenoxy) is 1. The van der Waals surface area contributed by atoms with Crippen LogP contribution in [0.15, 0.2) is 10.7 Å². The number of hydrogen-bond donors (Lipinski definition) is 1. The molecule has 94 valence electrons. The molecule has 2 rings (SSSR count). The topological polar surface area (TPSA) is 58.5 Å². The molecule has 0 amide bonds. The SMILES string of the molecule is CCCC1(O)CN(c2ncc(Br)c(OC)n2)C1. The Bertz CT molecular complexity index is 408. The van der Waals surface area contributed by atoms with E-state index >= 15 is 0 Å². The molecule has 1 fully saturated rings. The zero-order valence-electron chi connectivity index (χ0n) is 9.98. The molecule has 17 heavy (non-hydrogen) atoms. The summed E-state index contributed by atoms with van der Waals surface area (Å²) in [6, 6.07) is 0.